The average molecular weight is 478 g/mol. The van der Waals surface area contributed by atoms with Crippen LogP contribution < -0.4 is 0 Å². The Kier molecular flexibility index (Phi) is 6.68. The van der Waals surface area contributed by atoms with Crippen molar-refractivity contribution in [1.29, 1.82) is 0 Å². The second-order valence-electron chi connectivity index (χ2n) is 9.24. The zero-order valence-electron chi connectivity index (χ0n) is 19.3. The monoisotopic (exact) mass is 477 g/mol. The number of hydrogen-bond acceptors (Lipinski definition) is 5. The van der Waals surface area contributed by atoms with Gasteiger partial charge in [0.25, 0.3) is 0 Å². The van der Waals surface area contributed by atoms with Crippen LogP contribution in [0.1, 0.15) is 17.2 Å². The summed E-state index contributed by atoms with van der Waals surface area (Å²) in [6.07, 6.45) is 0. The molecule has 3 aromatic carbocycles. The zero-order valence-corrected chi connectivity index (χ0v) is 20.2. The minimum Gasteiger partial charge on any atom is -0.338 e. The smallest absolute Gasteiger partial charge is 0.244 e. The predicted octanol–water partition coefficient (Wildman–Crippen LogP) is 2.96. The van der Waals surface area contributed by atoms with Gasteiger partial charge in [-0.2, -0.15) is 0 Å². The Morgan fingerprint density at radius 1 is 0.765 bits per heavy atom. The van der Waals surface area contributed by atoms with Crippen LogP contribution in [-0.2, 0) is 21.2 Å². The molecule has 6 nitrogen and oxygen atoms in total. The molecule has 2 heterocycles. The molecule has 0 aromatic heterocycles. The van der Waals surface area contributed by atoms with Crippen molar-refractivity contribution in [2.24, 2.45) is 0 Å². The van der Waals surface area contributed by atoms with E-state index in [0.29, 0.717) is 26.2 Å². The first-order valence-electron chi connectivity index (χ1n) is 12.0. The normalized spacial score (nSPS) is 20.3. The van der Waals surface area contributed by atoms with Crippen molar-refractivity contribution in [1.82, 2.24) is 14.7 Å². The maximum absolute atomic E-state index is 13.7. The van der Waals surface area contributed by atoms with E-state index in [4.69, 9.17) is 0 Å². The summed E-state index contributed by atoms with van der Waals surface area (Å²) in [7, 11) is -3.01. The highest BCUT2D eigenvalue weighted by Crippen LogP contribution is 2.26. The number of rotatable bonds is 5. The summed E-state index contributed by atoms with van der Waals surface area (Å²) in [4.78, 5) is 20.1. The topological polar surface area (TPSA) is 60.9 Å². The van der Waals surface area contributed by atoms with E-state index in [9.17, 15) is 13.2 Å². The van der Waals surface area contributed by atoms with E-state index in [-0.39, 0.29) is 17.4 Å². The largest absolute Gasteiger partial charge is 0.338 e. The summed E-state index contributed by atoms with van der Waals surface area (Å²) in [6, 6.07) is 24.3. The SMILES string of the molecule is O=C(C(c1ccccc1)N1CCS(=O)(=O)CC1)N1CCN(Cc2cccc3ccccc23)CC1. The number of fused-ring (bicyclic) bond motifs is 1. The van der Waals surface area contributed by atoms with Gasteiger partial charge in [-0.3, -0.25) is 14.6 Å². The van der Waals surface area contributed by atoms with Crippen LogP contribution in [0.25, 0.3) is 10.8 Å². The molecule has 0 spiro atoms. The molecule has 1 atom stereocenters. The van der Waals surface area contributed by atoms with Crippen molar-refractivity contribution in [3.63, 3.8) is 0 Å². The molecule has 0 N–H and O–H groups in total. The molecule has 0 aliphatic carbocycles. The van der Waals surface area contributed by atoms with Crippen LogP contribution in [0.15, 0.2) is 72.8 Å². The highest BCUT2D eigenvalue weighted by Gasteiger charge is 2.35. The fourth-order valence-electron chi connectivity index (χ4n) is 5.10. The van der Waals surface area contributed by atoms with Gasteiger partial charge < -0.3 is 4.90 Å². The average Bonchev–Trinajstić information content (AvgIpc) is 2.86. The van der Waals surface area contributed by atoms with Crippen molar-refractivity contribution in [3.05, 3.63) is 83.9 Å². The minimum absolute atomic E-state index is 0.0790. The molecule has 1 amide bonds. The summed E-state index contributed by atoms with van der Waals surface area (Å²) in [6.45, 7) is 4.67. The number of nitrogens with zero attached hydrogens (tertiary/aromatic N) is 3. The summed E-state index contributed by atoms with van der Waals surface area (Å²) in [5, 5.41) is 2.54. The fraction of sp³-hybridized carbons (Fsp3) is 0.370. The molecule has 0 bridgehead atoms. The van der Waals surface area contributed by atoms with Gasteiger partial charge in [0.05, 0.1) is 11.5 Å². The number of sulfone groups is 1. The first kappa shape index (κ1) is 23.0. The van der Waals surface area contributed by atoms with Gasteiger partial charge in [0.1, 0.15) is 6.04 Å². The van der Waals surface area contributed by atoms with E-state index in [1.165, 1.54) is 16.3 Å². The molecule has 2 aliphatic heterocycles. The van der Waals surface area contributed by atoms with Crippen LogP contribution in [0, 0.1) is 0 Å². The molecular formula is C27H31N3O3S. The third-order valence-corrected chi connectivity index (χ3v) is 8.66. The van der Waals surface area contributed by atoms with Gasteiger partial charge in [0, 0.05) is 45.8 Å². The van der Waals surface area contributed by atoms with Gasteiger partial charge >= 0.3 is 0 Å². The van der Waals surface area contributed by atoms with Crippen LogP contribution in [0.3, 0.4) is 0 Å². The standard InChI is InChI=1S/C27H31N3O3S/c31-27(26(23-8-2-1-3-9-23)29-17-19-34(32,33)20-18-29)30-15-13-28(14-16-30)21-24-11-6-10-22-7-4-5-12-25(22)24/h1-12,26H,13-21H2. The first-order valence-corrected chi connectivity index (χ1v) is 13.8. The highest BCUT2D eigenvalue weighted by molar-refractivity contribution is 7.91. The second-order valence-corrected chi connectivity index (χ2v) is 11.5. The lowest BCUT2D eigenvalue weighted by Crippen LogP contribution is -2.53. The van der Waals surface area contributed by atoms with Crippen LogP contribution in [0.5, 0.6) is 0 Å². The third kappa shape index (κ3) is 5.02. The summed E-state index contributed by atoms with van der Waals surface area (Å²) >= 11 is 0. The van der Waals surface area contributed by atoms with Crippen LogP contribution in [-0.4, -0.2) is 79.8 Å². The zero-order chi connectivity index (χ0) is 23.5. The van der Waals surface area contributed by atoms with Gasteiger partial charge in [-0.15, -0.1) is 0 Å². The molecule has 2 fully saturated rings. The highest BCUT2D eigenvalue weighted by atomic mass is 32.2. The minimum atomic E-state index is -3.01. The Morgan fingerprint density at radius 2 is 1.41 bits per heavy atom. The lowest BCUT2D eigenvalue weighted by Gasteiger charge is -2.40. The van der Waals surface area contributed by atoms with E-state index in [1.807, 2.05) is 40.1 Å². The summed E-state index contributed by atoms with van der Waals surface area (Å²) < 4.78 is 23.9. The molecule has 1 unspecified atom stereocenters. The third-order valence-electron chi connectivity index (χ3n) is 7.05. The Hall–Kier alpha value is -2.74. The van der Waals surface area contributed by atoms with Crippen LogP contribution >= 0.6 is 0 Å². The molecule has 2 saturated heterocycles. The Labute approximate surface area is 201 Å². The molecule has 2 aliphatic rings. The predicted molar refractivity (Wildman–Crippen MR) is 135 cm³/mol. The van der Waals surface area contributed by atoms with Gasteiger partial charge in [0.15, 0.2) is 9.84 Å². The summed E-state index contributed by atoms with van der Waals surface area (Å²) in [5.41, 5.74) is 2.25. The Bertz CT molecular complexity index is 1240. The quantitative estimate of drug-likeness (QED) is 0.566. The van der Waals surface area contributed by atoms with Gasteiger partial charge in [0.2, 0.25) is 5.91 Å². The van der Waals surface area contributed by atoms with E-state index in [1.54, 1.807) is 0 Å². The van der Waals surface area contributed by atoms with E-state index in [2.05, 4.69) is 47.4 Å². The molecule has 7 heteroatoms. The van der Waals surface area contributed by atoms with Gasteiger partial charge in [-0.25, -0.2) is 8.42 Å². The van der Waals surface area contributed by atoms with Crippen LogP contribution in [0.4, 0.5) is 0 Å². The Balaban J connectivity index is 1.27. The van der Waals surface area contributed by atoms with Gasteiger partial charge in [-0.1, -0.05) is 72.8 Å². The van der Waals surface area contributed by atoms with Gasteiger partial charge in [-0.05, 0) is 21.9 Å². The number of carbonyl (C=O) groups excluding carboxylic acids is 1. The van der Waals surface area contributed by atoms with Crippen molar-refractivity contribution < 1.29 is 13.2 Å². The van der Waals surface area contributed by atoms with Crippen molar-refractivity contribution >= 4 is 26.5 Å². The molecule has 5 rings (SSSR count). The maximum atomic E-state index is 13.7. The maximum Gasteiger partial charge on any atom is 0.244 e. The van der Waals surface area contributed by atoms with E-state index in [0.717, 1.165) is 25.2 Å². The number of piperazine rings is 1. The molecule has 0 saturated carbocycles. The second kappa shape index (κ2) is 9.86. The molecule has 3 aromatic rings. The number of benzene rings is 3. The molecular weight excluding hydrogens is 446 g/mol. The number of carbonyl (C=O) groups is 1. The fourth-order valence-corrected chi connectivity index (χ4v) is 6.33. The van der Waals surface area contributed by atoms with Crippen molar-refractivity contribution in [2.75, 3.05) is 50.8 Å². The van der Waals surface area contributed by atoms with Crippen molar-refractivity contribution in [2.45, 2.75) is 12.6 Å². The summed E-state index contributed by atoms with van der Waals surface area (Å²) in [5.74, 6) is 0.306. The number of hydrogen-bond donors (Lipinski definition) is 0. The number of amides is 1. The van der Waals surface area contributed by atoms with E-state index >= 15 is 0 Å². The van der Waals surface area contributed by atoms with E-state index < -0.39 is 15.9 Å². The lowest BCUT2D eigenvalue weighted by atomic mass is 10.0. The lowest BCUT2D eigenvalue weighted by molar-refractivity contribution is -0.139. The molecule has 0 radical (unpaired) electrons. The first-order chi connectivity index (χ1) is 16.5. The van der Waals surface area contributed by atoms with Crippen molar-refractivity contribution in [3.8, 4) is 0 Å². The molecule has 34 heavy (non-hydrogen) atoms. The van der Waals surface area contributed by atoms with Crippen LogP contribution in [0.2, 0.25) is 0 Å². The molecule has 178 valence electrons. The Morgan fingerprint density at radius 3 is 2.15 bits per heavy atom.